The van der Waals surface area contributed by atoms with Crippen LogP contribution in [-0.4, -0.2) is 36.8 Å². The van der Waals surface area contributed by atoms with E-state index in [-0.39, 0.29) is 12.6 Å². The van der Waals surface area contributed by atoms with Gasteiger partial charge in [0.15, 0.2) is 0 Å². The van der Waals surface area contributed by atoms with Crippen molar-refractivity contribution in [3.8, 4) is 0 Å². The van der Waals surface area contributed by atoms with Crippen LogP contribution in [-0.2, 0) is 0 Å². The van der Waals surface area contributed by atoms with Gasteiger partial charge in [-0.3, -0.25) is 4.90 Å². The number of fused-ring (bicyclic) bond motifs is 1. The molecule has 2 unspecified atom stereocenters. The Balaban J connectivity index is 2.49. The van der Waals surface area contributed by atoms with Crippen LogP contribution in [0.5, 0.6) is 0 Å². The summed E-state index contributed by atoms with van der Waals surface area (Å²) in [5.74, 6) is 0. The topological polar surface area (TPSA) is 49.5 Å². The second-order valence-electron chi connectivity index (χ2n) is 4.40. The summed E-state index contributed by atoms with van der Waals surface area (Å²) in [5, 5.41) is 13.4. The van der Waals surface area contributed by atoms with Gasteiger partial charge in [0.05, 0.1) is 12.1 Å². The minimum atomic E-state index is -0.539. The SMILES string of the molecule is CN(C)C(c1csc2ccccc12)C(O)CN. The third kappa shape index (κ3) is 2.35. The molecule has 1 aromatic carbocycles. The summed E-state index contributed by atoms with van der Waals surface area (Å²) in [6.07, 6.45) is -0.539. The number of thiophene rings is 1. The molecule has 3 N–H and O–H groups in total. The lowest BCUT2D eigenvalue weighted by Gasteiger charge is -2.28. The standard InChI is InChI=1S/C13H18N2OS/c1-15(2)13(11(16)7-14)10-8-17-12-6-4-3-5-9(10)12/h3-6,8,11,13,16H,7,14H2,1-2H3. The van der Waals surface area contributed by atoms with E-state index in [0.29, 0.717) is 0 Å². The van der Waals surface area contributed by atoms with Crippen molar-refractivity contribution in [2.75, 3.05) is 20.6 Å². The molecule has 0 saturated heterocycles. The molecular formula is C13H18N2OS. The molecule has 17 heavy (non-hydrogen) atoms. The number of rotatable bonds is 4. The van der Waals surface area contributed by atoms with Crippen LogP contribution in [0.4, 0.5) is 0 Å². The van der Waals surface area contributed by atoms with Gasteiger partial charge in [0.25, 0.3) is 0 Å². The minimum absolute atomic E-state index is 0.0452. The zero-order valence-corrected chi connectivity index (χ0v) is 10.9. The van der Waals surface area contributed by atoms with Crippen molar-refractivity contribution in [1.82, 2.24) is 4.90 Å². The van der Waals surface area contributed by atoms with Gasteiger partial charge in [-0.25, -0.2) is 0 Å². The van der Waals surface area contributed by atoms with Crippen molar-refractivity contribution >= 4 is 21.4 Å². The predicted molar refractivity (Wildman–Crippen MR) is 73.3 cm³/mol. The Bertz CT molecular complexity index is 495. The van der Waals surface area contributed by atoms with Crippen LogP contribution in [0.2, 0.25) is 0 Å². The lowest BCUT2D eigenvalue weighted by molar-refractivity contribution is 0.0833. The molecule has 2 atom stereocenters. The fourth-order valence-corrected chi connectivity index (χ4v) is 3.18. The highest BCUT2D eigenvalue weighted by molar-refractivity contribution is 7.17. The maximum atomic E-state index is 10.1. The molecule has 1 aromatic heterocycles. The van der Waals surface area contributed by atoms with Gasteiger partial charge in [-0.15, -0.1) is 11.3 Å². The zero-order valence-electron chi connectivity index (χ0n) is 10.1. The normalized spacial score (nSPS) is 15.4. The summed E-state index contributed by atoms with van der Waals surface area (Å²) in [6, 6.07) is 8.22. The number of hydrogen-bond acceptors (Lipinski definition) is 4. The molecule has 0 bridgehead atoms. The van der Waals surface area contributed by atoms with E-state index < -0.39 is 6.10 Å². The van der Waals surface area contributed by atoms with Crippen LogP contribution < -0.4 is 5.73 Å². The van der Waals surface area contributed by atoms with Crippen molar-refractivity contribution in [3.63, 3.8) is 0 Å². The van der Waals surface area contributed by atoms with Gasteiger partial charge in [0, 0.05) is 11.2 Å². The third-order valence-corrected chi connectivity index (χ3v) is 3.97. The molecule has 2 rings (SSSR count). The summed E-state index contributed by atoms with van der Waals surface area (Å²) >= 11 is 1.71. The van der Waals surface area contributed by atoms with Gasteiger partial charge in [-0.05, 0) is 36.5 Å². The van der Waals surface area contributed by atoms with Crippen LogP contribution in [0.25, 0.3) is 10.1 Å². The fraction of sp³-hybridized carbons (Fsp3) is 0.385. The van der Waals surface area contributed by atoms with Crippen molar-refractivity contribution < 1.29 is 5.11 Å². The summed E-state index contributed by atoms with van der Waals surface area (Å²) in [4.78, 5) is 2.02. The lowest BCUT2D eigenvalue weighted by Crippen LogP contribution is -2.36. The minimum Gasteiger partial charge on any atom is -0.390 e. The van der Waals surface area contributed by atoms with Crippen molar-refractivity contribution in [2.45, 2.75) is 12.1 Å². The number of nitrogens with two attached hydrogens (primary N) is 1. The highest BCUT2D eigenvalue weighted by atomic mass is 32.1. The number of aliphatic hydroxyl groups excluding tert-OH is 1. The molecule has 0 aliphatic heterocycles. The molecule has 3 nitrogen and oxygen atoms in total. The van der Waals surface area contributed by atoms with Crippen molar-refractivity contribution in [2.24, 2.45) is 5.73 Å². The molecule has 0 radical (unpaired) electrons. The highest BCUT2D eigenvalue weighted by Crippen LogP contribution is 2.33. The first-order valence-corrected chi connectivity index (χ1v) is 6.53. The Kier molecular flexibility index (Phi) is 3.79. The van der Waals surface area contributed by atoms with E-state index in [4.69, 9.17) is 5.73 Å². The summed E-state index contributed by atoms with van der Waals surface area (Å²) in [6.45, 7) is 0.271. The van der Waals surface area contributed by atoms with Gasteiger partial charge >= 0.3 is 0 Å². The number of likely N-dealkylation sites (N-methyl/N-ethyl adjacent to an activating group) is 1. The van der Waals surface area contributed by atoms with E-state index in [1.807, 2.05) is 31.1 Å². The molecule has 0 fully saturated rings. The van der Waals surface area contributed by atoms with E-state index in [0.717, 1.165) is 5.56 Å². The molecule has 0 aliphatic rings. The Morgan fingerprint density at radius 2 is 2.06 bits per heavy atom. The Morgan fingerprint density at radius 1 is 1.35 bits per heavy atom. The average Bonchev–Trinajstić information content (AvgIpc) is 2.73. The molecule has 2 aromatic rings. The van der Waals surface area contributed by atoms with E-state index in [9.17, 15) is 5.11 Å². The fourth-order valence-electron chi connectivity index (χ4n) is 2.19. The average molecular weight is 250 g/mol. The van der Waals surface area contributed by atoms with Crippen LogP contribution in [0.3, 0.4) is 0 Å². The van der Waals surface area contributed by atoms with Crippen LogP contribution in [0.15, 0.2) is 29.6 Å². The highest BCUT2D eigenvalue weighted by Gasteiger charge is 2.24. The van der Waals surface area contributed by atoms with E-state index in [1.165, 1.54) is 10.1 Å². The summed E-state index contributed by atoms with van der Waals surface area (Å²) < 4.78 is 1.25. The predicted octanol–water partition coefficient (Wildman–Crippen LogP) is 1.82. The quantitative estimate of drug-likeness (QED) is 0.870. The van der Waals surface area contributed by atoms with Gasteiger partial charge in [0.2, 0.25) is 0 Å². The van der Waals surface area contributed by atoms with Gasteiger partial charge < -0.3 is 10.8 Å². The van der Waals surface area contributed by atoms with Crippen LogP contribution in [0.1, 0.15) is 11.6 Å². The molecule has 1 heterocycles. The van der Waals surface area contributed by atoms with Crippen LogP contribution >= 0.6 is 11.3 Å². The number of hydrogen-bond donors (Lipinski definition) is 2. The molecule has 0 amide bonds. The number of benzene rings is 1. The maximum Gasteiger partial charge on any atom is 0.0859 e. The smallest absolute Gasteiger partial charge is 0.0859 e. The second kappa shape index (κ2) is 5.14. The monoisotopic (exact) mass is 250 g/mol. The molecular weight excluding hydrogens is 232 g/mol. The Hall–Kier alpha value is -0.940. The first-order chi connectivity index (χ1) is 8.15. The van der Waals surface area contributed by atoms with Gasteiger partial charge in [-0.2, -0.15) is 0 Å². The lowest BCUT2D eigenvalue weighted by atomic mass is 10.00. The maximum absolute atomic E-state index is 10.1. The van der Waals surface area contributed by atoms with E-state index in [2.05, 4.69) is 17.5 Å². The van der Waals surface area contributed by atoms with E-state index >= 15 is 0 Å². The third-order valence-electron chi connectivity index (χ3n) is 2.99. The first-order valence-electron chi connectivity index (χ1n) is 5.66. The zero-order chi connectivity index (χ0) is 12.4. The second-order valence-corrected chi connectivity index (χ2v) is 5.31. The molecule has 92 valence electrons. The Morgan fingerprint density at radius 3 is 2.71 bits per heavy atom. The van der Waals surface area contributed by atoms with E-state index in [1.54, 1.807) is 11.3 Å². The molecule has 0 aliphatic carbocycles. The molecule has 4 heteroatoms. The molecule has 0 spiro atoms. The largest absolute Gasteiger partial charge is 0.390 e. The van der Waals surface area contributed by atoms with Gasteiger partial charge in [-0.1, -0.05) is 18.2 Å². The Labute approximate surface area is 105 Å². The number of aliphatic hydroxyl groups is 1. The molecule has 0 saturated carbocycles. The summed E-state index contributed by atoms with van der Waals surface area (Å²) in [7, 11) is 3.94. The van der Waals surface area contributed by atoms with Gasteiger partial charge in [0.1, 0.15) is 0 Å². The van der Waals surface area contributed by atoms with Crippen molar-refractivity contribution in [1.29, 1.82) is 0 Å². The number of nitrogens with zero attached hydrogens (tertiary/aromatic N) is 1. The first kappa shape index (κ1) is 12.5. The van der Waals surface area contributed by atoms with Crippen molar-refractivity contribution in [3.05, 3.63) is 35.2 Å². The summed E-state index contributed by atoms with van der Waals surface area (Å²) in [5.41, 5.74) is 6.75. The van der Waals surface area contributed by atoms with Crippen LogP contribution in [0, 0.1) is 0 Å².